The number of hydrogen-bond donors (Lipinski definition) is 0. The molecular weight excluding hydrogens is 784 g/mol. The molecule has 0 spiro atoms. The Morgan fingerprint density at radius 1 is 0.302 bits per heavy atom. The summed E-state index contributed by atoms with van der Waals surface area (Å²) in [5.74, 6) is 0. The molecule has 9 aromatic carbocycles. The van der Waals surface area contributed by atoms with Crippen LogP contribution in [0, 0.1) is 0 Å². The van der Waals surface area contributed by atoms with Gasteiger partial charge in [0.2, 0.25) is 0 Å². The van der Waals surface area contributed by atoms with Crippen molar-refractivity contribution in [3.8, 4) is 44.5 Å². The first-order chi connectivity index (χ1) is 30.7. The standard InChI is InChI=1S/C60H47ClN2/c1-59(2)53-27-15-11-25-49(53)51-33-31-43(38-55(51)59)62(57-29-17-13-23-47(57)40-19-7-5-8-20-40)45-35-42(61)36-46(37-45)63(58-30-18-14-24-48(58)41-21-9-6-10-22-41)44-32-34-52-50-26-12-16-28-54(50)60(3,4)56(52)39-44/h5-39H,1-4H3. The fourth-order valence-electron chi connectivity index (χ4n) is 10.4. The van der Waals surface area contributed by atoms with Crippen molar-refractivity contribution in [1.29, 1.82) is 0 Å². The van der Waals surface area contributed by atoms with Crippen molar-refractivity contribution in [2.45, 2.75) is 38.5 Å². The van der Waals surface area contributed by atoms with Gasteiger partial charge in [-0.1, -0.05) is 197 Å². The fraction of sp³-hybridized carbons (Fsp3) is 0.100. The van der Waals surface area contributed by atoms with Crippen LogP contribution in [-0.2, 0) is 10.8 Å². The monoisotopic (exact) mass is 830 g/mol. The quantitative estimate of drug-likeness (QED) is 0.151. The highest BCUT2D eigenvalue weighted by atomic mass is 35.5. The Labute approximate surface area is 376 Å². The number of para-hydroxylation sites is 2. The zero-order valence-corrected chi connectivity index (χ0v) is 36.7. The van der Waals surface area contributed by atoms with Crippen molar-refractivity contribution in [3.63, 3.8) is 0 Å². The van der Waals surface area contributed by atoms with Crippen molar-refractivity contribution in [3.05, 3.63) is 240 Å². The van der Waals surface area contributed by atoms with Crippen LogP contribution in [-0.4, -0.2) is 0 Å². The SMILES string of the molecule is CC1(C)c2ccccc2-c2ccc(N(c3cc(Cl)cc(N(c4ccc5c(c4)C(C)(C)c4ccccc4-5)c4ccccc4-c4ccccc4)c3)c3ccccc3-c3ccccc3)cc21. The average molecular weight is 832 g/mol. The Morgan fingerprint density at radius 2 is 0.651 bits per heavy atom. The topological polar surface area (TPSA) is 6.48 Å². The second-order valence-corrected chi connectivity index (χ2v) is 18.3. The lowest BCUT2D eigenvalue weighted by Crippen LogP contribution is -2.18. The highest BCUT2D eigenvalue weighted by Gasteiger charge is 2.37. The first-order valence-corrected chi connectivity index (χ1v) is 22.2. The first-order valence-electron chi connectivity index (χ1n) is 21.9. The van der Waals surface area contributed by atoms with E-state index in [0.29, 0.717) is 5.02 Å². The smallest absolute Gasteiger partial charge is 0.0540 e. The van der Waals surface area contributed by atoms with Gasteiger partial charge in [-0.3, -0.25) is 0 Å². The van der Waals surface area contributed by atoms with Crippen LogP contribution in [0.3, 0.4) is 0 Å². The van der Waals surface area contributed by atoms with Gasteiger partial charge in [-0.2, -0.15) is 0 Å². The van der Waals surface area contributed by atoms with Crippen molar-refractivity contribution in [2.24, 2.45) is 0 Å². The van der Waals surface area contributed by atoms with E-state index in [4.69, 9.17) is 11.6 Å². The molecule has 0 heterocycles. The summed E-state index contributed by atoms with van der Waals surface area (Å²) in [6.45, 7) is 9.39. The molecule has 0 atom stereocenters. The molecule has 0 fully saturated rings. The molecule has 0 bridgehead atoms. The maximum absolute atomic E-state index is 7.45. The second-order valence-electron chi connectivity index (χ2n) is 17.9. The van der Waals surface area contributed by atoms with Crippen LogP contribution in [0.25, 0.3) is 44.5 Å². The molecule has 0 saturated heterocycles. The summed E-state index contributed by atoms with van der Waals surface area (Å²) in [7, 11) is 0. The van der Waals surface area contributed by atoms with Gasteiger partial charge < -0.3 is 9.80 Å². The van der Waals surface area contributed by atoms with Gasteiger partial charge in [0.05, 0.1) is 11.4 Å². The number of anilines is 6. The Hall–Kier alpha value is -7.13. The lowest BCUT2D eigenvalue weighted by Gasteiger charge is -2.33. The maximum Gasteiger partial charge on any atom is 0.0540 e. The molecular formula is C60H47ClN2. The number of fused-ring (bicyclic) bond motifs is 6. The fourth-order valence-corrected chi connectivity index (χ4v) is 10.6. The third kappa shape index (κ3) is 6.39. The number of rotatable bonds is 8. The van der Waals surface area contributed by atoms with E-state index in [2.05, 4.69) is 250 Å². The Morgan fingerprint density at radius 3 is 1.08 bits per heavy atom. The minimum Gasteiger partial charge on any atom is -0.310 e. The average Bonchev–Trinajstić information content (AvgIpc) is 3.69. The molecule has 3 heteroatoms. The van der Waals surface area contributed by atoms with Gasteiger partial charge in [-0.15, -0.1) is 0 Å². The molecule has 2 aliphatic rings. The maximum atomic E-state index is 7.45. The van der Waals surface area contributed by atoms with Gasteiger partial charge >= 0.3 is 0 Å². The van der Waals surface area contributed by atoms with E-state index < -0.39 is 0 Å². The van der Waals surface area contributed by atoms with Gasteiger partial charge in [0.25, 0.3) is 0 Å². The third-order valence-electron chi connectivity index (χ3n) is 13.5. The van der Waals surface area contributed by atoms with E-state index in [1.165, 1.54) is 44.5 Å². The molecule has 0 unspecified atom stereocenters. The van der Waals surface area contributed by atoms with Gasteiger partial charge in [0, 0.05) is 49.7 Å². The van der Waals surface area contributed by atoms with Crippen LogP contribution in [0.15, 0.2) is 212 Å². The summed E-state index contributed by atoms with van der Waals surface area (Å²) in [6.07, 6.45) is 0. The van der Waals surface area contributed by atoms with Gasteiger partial charge in [0.1, 0.15) is 0 Å². The van der Waals surface area contributed by atoms with E-state index in [0.717, 1.165) is 56.4 Å². The minimum absolute atomic E-state index is 0.176. The largest absolute Gasteiger partial charge is 0.310 e. The molecule has 9 aromatic rings. The second kappa shape index (κ2) is 15.0. The molecule has 304 valence electrons. The summed E-state index contributed by atoms with van der Waals surface area (Å²) in [5, 5.41) is 0.648. The molecule has 11 rings (SSSR count). The Balaban J connectivity index is 1.15. The Kier molecular flexibility index (Phi) is 9.26. The van der Waals surface area contributed by atoms with Crippen molar-refractivity contribution >= 4 is 45.7 Å². The number of halogens is 1. The first kappa shape index (κ1) is 38.8. The van der Waals surface area contributed by atoms with E-state index in [9.17, 15) is 0 Å². The molecule has 0 saturated carbocycles. The molecule has 63 heavy (non-hydrogen) atoms. The van der Waals surface area contributed by atoms with Crippen molar-refractivity contribution in [2.75, 3.05) is 9.80 Å². The highest BCUT2D eigenvalue weighted by molar-refractivity contribution is 6.31. The van der Waals surface area contributed by atoms with E-state index in [1.807, 2.05) is 0 Å². The van der Waals surface area contributed by atoms with Crippen molar-refractivity contribution < 1.29 is 0 Å². The van der Waals surface area contributed by atoms with Crippen LogP contribution in [0.4, 0.5) is 34.1 Å². The lowest BCUT2D eigenvalue weighted by atomic mass is 9.82. The summed E-state index contributed by atoms with van der Waals surface area (Å²) in [5.41, 5.74) is 20.9. The molecule has 2 nitrogen and oxygen atoms in total. The third-order valence-corrected chi connectivity index (χ3v) is 13.7. The lowest BCUT2D eigenvalue weighted by molar-refractivity contribution is 0.660. The predicted molar refractivity (Wildman–Crippen MR) is 267 cm³/mol. The van der Waals surface area contributed by atoms with Crippen LogP contribution in [0.5, 0.6) is 0 Å². The normalized spacial score (nSPS) is 13.7. The zero-order valence-electron chi connectivity index (χ0n) is 36.0. The molecule has 0 N–H and O–H groups in total. The van der Waals surface area contributed by atoms with Crippen molar-refractivity contribution in [1.82, 2.24) is 0 Å². The molecule has 0 amide bonds. The summed E-state index contributed by atoms with van der Waals surface area (Å²) in [6, 6.07) is 77.1. The summed E-state index contributed by atoms with van der Waals surface area (Å²) >= 11 is 7.45. The summed E-state index contributed by atoms with van der Waals surface area (Å²) in [4.78, 5) is 4.81. The highest BCUT2D eigenvalue weighted by Crippen LogP contribution is 2.54. The van der Waals surface area contributed by atoms with Crippen LogP contribution in [0.2, 0.25) is 5.02 Å². The number of nitrogens with zero attached hydrogens (tertiary/aromatic N) is 2. The van der Waals surface area contributed by atoms with Gasteiger partial charge in [0.15, 0.2) is 0 Å². The van der Waals surface area contributed by atoms with E-state index in [1.54, 1.807) is 0 Å². The molecule has 0 aromatic heterocycles. The van der Waals surface area contributed by atoms with Gasteiger partial charge in [-0.25, -0.2) is 0 Å². The van der Waals surface area contributed by atoms with Crippen LogP contribution in [0.1, 0.15) is 49.9 Å². The summed E-state index contributed by atoms with van der Waals surface area (Å²) < 4.78 is 0. The van der Waals surface area contributed by atoms with Crippen LogP contribution < -0.4 is 9.80 Å². The van der Waals surface area contributed by atoms with E-state index in [-0.39, 0.29) is 10.8 Å². The zero-order chi connectivity index (χ0) is 42.9. The number of benzene rings is 9. The minimum atomic E-state index is -0.176. The predicted octanol–water partition coefficient (Wildman–Crippen LogP) is 17.2. The molecule has 0 aliphatic heterocycles. The van der Waals surface area contributed by atoms with Gasteiger partial charge in [-0.05, 0) is 110 Å². The van der Waals surface area contributed by atoms with E-state index >= 15 is 0 Å². The number of hydrogen-bond acceptors (Lipinski definition) is 2. The molecule has 0 radical (unpaired) electrons. The Bertz CT molecular complexity index is 2990. The molecule has 2 aliphatic carbocycles. The van der Waals surface area contributed by atoms with Crippen LogP contribution >= 0.6 is 11.6 Å².